The summed E-state index contributed by atoms with van der Waals surface area (Å²) in [6.45, 7) is -1.49. The largest absolute Gasteiger partial charge is 0.370 e. The van der Waals surface area contributed by atoms with Gasteiger partial charge in [-0.2, -0.15) is 18.6 Å². The summed E-state index contributed by atoms with van der Waals surface area (Å²) in [4.78, 5) is 10.6. The summed E-state index contributed by atoms with van der Waals surface area (Å²) in [5.41, 5.74) is 8.05. The second kappa shape index (κ2) is 7.94. The van der Waals surface area contributed by atoms with Crippen LogP contribution in [0.5, 0.6) is 0 Å². The Kier molecular flexibility index (Phi) is 5.22. The quantitative estimate of drug-likeness (QED) is 0.614. The molecule has 0 bridgehead atoms. The maximum atomic E-state index is 14.2. The molecule has 0 radical (unpaired) electrons. The Morgan fingerprint density at radius 1 is 1.19 bits per heavy atom. The van der Waals surface area contributed by atoms with Crippen molar-refractivity contribution in [2.45, 2.75) is 44.2 Å². The van der Waals surface area contributed by atoms with Gasteiger partial charge in [0.25, 0.3) is 0 Å². The molecule has 4 heterocycles. The average Bonchev–Trinajstić information content (AvgIpc) is 3.46. The molecule has 170 valence electrons. The van der Waals surface area contributed by atoms with Crippen molar-refractivity contribution in [1.82, 2.24) is 29.2 Å². The molecule has 1 fully saturated rings. The lowest BCUT2D eigenvalue weighted by molar-refractivity contribution is -0.0534. The summed E-state index contributed by atoms with van der Waals surface area (Å²) in [6.07, 6.45) is 0.880. The Balaban J connectivity index is 1.30. The molecule has 1 saturated heterocycles. The summed E-state index contributed by atoms with van der Waals surface area (Å²) in [7, 11) is 1.75. The molecule has 0 spiro atoms. The molecular formula is C20H21F4N7O. The molecule has 2 aliphatic rings. The van der Waals surface area contributed by atoms with Gasteiger partial charge in [-0.05, 0) is 24.6 Å². The molecular weight excluding hydrogens is 430 g/mol. The van der Waals surface area contributed by atoms with Crippen LogP contribution in [0.4, 0.5) is 17.6 Å². The summed E-state index contributed by atoms with van der Waals surface area (Å²) in [5, 5.41) is 3.57. The van der Waals surface area contributed by atoms with Crippen molar-refractivity contribution in [2.24, 2.45) is 12.8 Å². The van der Waals surface area contributed by atoms with Crippen LogP contribution in [0.1, 0.15) is 36.0 Å². The van der Waals surface area contributed by atoms with Crippen molar-refractivity contribution in [3.8, 4) is 11.6 Å². The van der Waals surface area contributed by atoms with Crippen molar-refractivity contribution in [2.75, 3.05) is 6.61 Å². The van der Waals surface area contributed by atoms with Gasteiger partial charge >= 0.3 is 6.55 Å². The van der Waals surface area contributed by atoms with Crippen LogP contribution in [0, 0.1) is 11.6 Å². The van der Waals surface area contributed by atoms with Crippen molar-refractivity contribution < 1.29 is 22.3 Å². The van der Waals surface area contributed by atoms with Gasteiger partial charge in [0.05, 0.1) is 18.0 Å². The standard InChI is InChI=1S/C20H21F4N7O/c1-29-16-7-30(6-15(16)28-19(29)18-26-9-27-31(18)20(23)24)11-5-14(25)17(32-8-11)12-4-10(21)2-3-13(12)22/h2-4,9,11,14,17,20H,5-8,25H2,1H3/t11-,14+,17-/m1/s1. The van der Waals surface area contributed by atoms with Crippen LogP contribution in [-0.4, -0.2) is 47.9 Å². The Morgan fingerprint density at radius 3 is 2.72 bits per heavy atom. The highest BCUT2D eigenvalue weighted by molar-refractivity contribution is 5.47. The number of ether oxygens (including phenoxy) is 1. The highest BCUT2D eigenvalue weighted by Crippen LogP contribution is 2.35. The first-order chi connectivity index (χ1) is 15.3. The predicted octanol–water partition coefficient (Wildman–Crippen LogP) is 2.53. The number of alkyl halides is 2. The molecule has 0 saturated carbocycles. The number of benzene rings is 1. The van der Waals surface area contributed by atoms with E-state index in [1.165, 1.54) is 0 Å². The van der Waals surface area contributed by atoms with E-state index in [2.05, 4.69) is 20.0 Å². The van der Waals surface area contributed by atoms with Gasteiger partial charge < -0.3 is 15.0 Å². The number of nitrogens with two attached hydrogens (primary N) is 1. The Bertz CT molecular complexity index is 1150. The van der Waals surface area contributed by atoms with Crippen molar-refractivity contribution in [3.63, 3.8) is 0 Å². The Labute approximate surface area is 180 Å². The second-order valence-electron chi connectivity index (χ2n) is 8.07. The molecule has 8 nitrogen and oxygen atoms in total. The number of hydrogen-bond donors (Lipinski definition) is 1. The smallest absolute Gasteiger partial charge is 0.335 e. The Hall–Kier alpha value is -2.83. The molecule has 32 heavy (non-hydrogen) atoms. The lowest BCUT2D eigenvalue weighted by atomic mass is 9.93. The third-order valence-corrected chi connectivity index (χ3v) is 6.14. The highest BCUT2D eigenvalue weighted by atomic mass is 19.3. The maximum absolute atomic E-state index is 14.2. The van der Waals surface area contributed by atoms with Crippen molar-refractivity contribution in [3.05, 3.63) is 53.1 Å². The molecule has 0 unspecified atom stereocenters. The minimum Gasteiger partial charge on any atom is -0.370 e. The van der Waals surface area contributed by atoms with E-state index in [0.717, 1.165) is 35.9 Å². The van der Waals surface area contributed by atoms with Gasteiger partial charge in [0.2, 0.25) is 0 Å². The number of imidazole rings is 1. The number of rotatable bonds is 4. The molecule has 0 amide bonds. The van der Waals surface area contributed by atoms with E-state index in [4.69, 9.17) is 10.5 Å². The molecule has 0 aliphatic carbocycles. The van der Waals surface area contributed by atoms with Crippen molar-refractivity contribution in [1.29, 1.82) is 0 Å². The summed E-state index contributed by atoms with van der Waals surface area (Å²) < 4.78 is 62.2. The van der Waals surface area contributed by atoms with Gasteiger partial charge in [-0.15, -0.1) is 0 Å². The number of hydrogen-bond acceptors (Lipinski definition) is 6. The van der Waals surface area contributed by atoms with Crippen LogP contribution < -0.4 is 5.73 Å². The van der Waals surface area contributed by atoms with E-state index < -0.39 is 30.3 Å². The summed E-state index contributed by atoms with van der Waals surface area (Å²) in [5.74, 6) is -0.761. The molecule has 2 aromatic heterocycles. The van der Waals surface area contributed by atoms with Gasteiger partial charge in [0.1, 0.15) is 24.1 Å². The van der Waals surface area contributed by atoms with Gasteiger partial charge in [-0.25, -0.2) is 18.7 Å². The third kappa shape index (κ3) is 3.48. The van der Waals surface area contributed by atoms with E-state index in [9.17, 15) is 17.6 Å². The van der Waals surface area contributed by atoms with Crippen LogP contribution in [-0.2, 0) is 24.9 Å². The number of aromatic nitrogens is 5. The first-order valence-electron chi connectivity index (χ1n) is 10.1. The molecule has 2 aliphatic heterocycles. The first kappa shape index (κ1) is 21.0. The fourth-order valence-electron chi connectivity index (χ4n) is 4.52. The lowest BCUT2D eigenvalue weighted by Gasteiger charge is -2.38. The van der Waals surface area contributed by atoms with Crippen LogP contribution >= 0.6 is 0 Å². The fraction of sp³-hybridized carbons (Fsp3) is 0.450. The van der Waals surface area contributed by atoms with E-state index in [0.29, 0.717) is 36.6 Å². The van der Waals surface area contributed by atoms with Crippen LogP contribution in [0.15, 0.2) is 24.5 Å². The molecule has 2 N–H and O–H groups in total. The first-order valence-corrected chi connectivity index (χ1v) is 10.1. The number of nitrogens with zero attached hydrogens (tertiary/aromatic N) is 6. The van der Waals surface area contributed by atoms with Crippen LogP contribution in [0.25, 0.3) is 11.6 Å². The molecule has 1 aromatic carbocycles. The average molecular weight is 451 g/mol. The fourth-order valence-corrected chi connectivity index (χ4v) is 4.52. The normalized spacial score (nSPS) is 23.8. The third-order valence-electron chi connectivity index (χ3n) is 6.14. The summed E-state index contributed by atoms with van der Waals surface area (Å²) >= 11 is 0. The van der Waals surface area contributed by atoms with E-state index >= 15 is 0 Å². The van der Waals surface area contributed by atoms with E-state index in [1.807, 2.05) is 0 Å². The zero-order valence-electron chi connectivity index (χ0n) is 17.1. The van der Waals surface area contributed by atoms with Gasteiger partial charge in [-0.3, -0.25) is 4.90 Å². The zero-order valence-corrected chi connectivity index (χ0v) is 17.1. The van der Waals surface area contributed by atoms with Crippen molar-refractivity contribution >= 4 is 0 Å². The monoisotopic (exact) mass is 451 g/mol. The number of fused-ring (bicyclic) bond motifs is 1. The zero-order chi connectivity index (χ0) is 22.6. The molecule has 3 aromatic rings. The van der Waals surface area contributed by atoms with Crippen LogP contribution in [0.3, 0.4) is 0 Å². The minimum atomic E-state index is -2.81. The van der Waals surface area contributed by atoms with E-state index in [1.54, 1.807) is 11.6 Å². The summed E-state index contributed by atoms with van der Waals surface area (Å²) in [6, 6.07) is 2.70. The SMILES string of the molecule is Cn1c(-c2ncnn2C(F)F)nc2c1CN([C@H]1CO[C@H](c3cc(F)ccc3F)[C@@H](N)C1)C2. The van der Waals surface area contributed by atoms with Gasteiger partial charge in [-0.1, -0.05) is 0 Å². The lowest BCUT2D eigenvalue weighted by Crippen LogP contribution is -2.47. The van der Waals surface area contributed by atoms with Gasteiger partial charge in [0, 0.05) is 37.8 Å². The van der Waals surface area contributed by atoms with E-state index in [-0.39, 0.29) is 17.4 Å². The topological polar surface area (TPSA) is 87.0 Å². The molecule has 3 atom stereocenters. The predicted molar refractivity (Wildman–Crippen MR) is 104 cm³/mol. The highest BCUT2D eigenvalue weighted by Gasteiger charge is 2.38. The second-order valence-corrected chi connectivity index (χ2v) is 8.07. The Morgan fingerprint density at radius 2 is 2.00 bits per heavy atom. The molecule has 5 rings (SSSR count). The minimum absolute atomic E-state index is 0.00596. The van der Waals surface area contributed by atoms with Crippen LogP contribution in [0.2, 0.25) is 0 Å². The maximum Gasteiger partial charge on any atom is 0.335 e. The van der Waals surface area contributed by atoms with Gasteiger partial charge in [0.15, 0.2) is 11.6 Å². The number of halogens is 4. The molecule has 12 heteroatoms.